The molecule has 4 rings (SSSR count). The Morgan fingerprint density at radius 2 is 1.87 bits per heavy atom. The number of hydrogen-bond donors (Lipinski definition) is 0. The summed E-state index contributed by atoms with van der Waals surface area (Å²) in [5.41, 5.74) is 2.03. The van der Waals surface area contributed by atoms with Crippen molar-refractivity contribution in [2.24, 2.45) is 0 Å². The van der Waals surface area contributed by atoms with Gasteiger partial charge in [-0.05, 0) is 81.8 Å². The Morgan fingerprint density at radius 1 is 1.13 bits per heavy atom. The fourth-order valence-corrected chi connectivity index (χ4v) is 7.28. The average molecular weight is 661 g/mol. The smallest absolute Gasteiger partial charge is 0.266 e. The number of hydrogen-bond acceptors (Lipinski definition) is 4. The highest BCUT2D eigenvalue weighted by molar-refractivity contribution is 14.1. The molecule has 2 aromatic carbocycles. The normalized spacial score (nSPS) is 19.0. The van der Waals surface area contributed by atoms with E-state index in [4.69, 9.17) is 17.0 Å². The van der Waals surface area contributed by atoms with E-state index in [9.17, 15) is 4.79 Å². The summed E-state index contributed by atoms with van der Waals surface area (Å²) in [6, 6.07) is 14.5. The van der Waals surface area contributed by atoms with E-state index in [1.54, 1.807) is 0 Å². The van der Waals surface area contributed by atoms with E-state index in [1.165, 1.54) is 31.0 Å². The number of halogens is 2. The lowest BCUT2D eigenvalue weighted by molar-refractivity contribution is -0.124. The summed E-state index contributed by atoms with van der Waals surface area (Å²) in [5.74, 6) is 0.850. The largest absolute Gasteiger partial charge is 0.487 e. The molecule has 30 heavy (non-hydrogen) atoms. The van der Waals surface area contributed by atoms with Crippen molar-refractivity contribution in [1.29, 1.82) is 0 Å². The number of carbonyl (C=O) groups excluding carboxylic acids is 1. The summed E-state index contributed by atoms with van der Waals surface area (Å²) in [6.45, 7) is 0.487. The maximum Gasteiger partial charge on any atom is 0.266 e. The van der Waals surface area contributed by atoms with Gasteiger partial charge in [0.1, 0.15) is 16.7 Å². The molecular weight excluding hydrogens is 640 g/mol. The molecule has 1 heterocycles. The number of rotatable bonds is 5. The zero-order valence-electron chi connectivity index (χ0n) is 16.3. The summed E-state index contributed by atoms with van der Waals surface area (Å²) < 4.78 is 9.03. The Morgan fingerprint density at radius 3 is 2.60 bits per heavy atom. The van der Waals surface area contributed by atoms with E-state index >= 15 is 0 Å². The third kappa shape index (κ3) is 5.21. The Bertz CT molecular complexity index is 988. The number of amides is 1. The van der Waals surface area contributed by atoms with Gasteiger partial charge in [0.25, 0.3) is 5.91 Å². The van der Waals surface area contributed by atoms with E-state index in [2.05, 4.69) is 69.4 Å². The van der Waals surface area contributed by atoms with Gasteiger partial charge < -0.3 is 4.74 Å². The highest BCUT2D eigenvalue weighted by Crippen LogP contribution is 2.39. The second-order valence-corrected chi connectivity index (χ2v) is 11.5. The summed E-state index contributed by atoms with van der Waals surface area (Å²) in [7, 11) is 0. The molecule has 2 fully saturated rings. The summed E-state index contributed by atoms with van der Waals surface area (Å²) in [5, 5.41) is 0. The van der Waals surface area contributed by atoms with Crippen LogP contribution in [0, 0.1) is 7.14 Å². The van der Waals surface area contributed by atoms with E-state index in [0.29, 0.717) is 15.8 Å². The van der Waals surface area contributed by atoms with Crippen molar-refractivity contribution >= 4 is 85.5 Å². The lowest BCUT2D eigenvalue weighted by atomic mass is 9.94. The monoisotopic (exact) mass is 661 g/mol. The molecule has 0 atom stereocenters. The zero-order valence-corrected chi connectivity index (χ0v) is 22.2. The minimum atomic E-state index is 0.0415. The number of carbonyl (C=O) groups is 1. The SMILES string of the molecule is O=C1/C(=C/c2cc(I)cc(I)c2OCc2ccccc2)SC(=S)N1C1CCCCC1. The van der Waals surface area contributed by atoms with Crippen LogP contribution in [-0.4, -0.2) is 21.2 Å². The number of thioether (sulfide) groups is 1. The van der Waals surface area contributed by atoms with Crippen LogP contribution in [0.25, 0.3) is 6.08 Å². The van der Waals surface area contributed by atoms with Gasteiger partial charge in [-0.25, -0.2) is 0 Å². The van der Waals surface area contributed by atoms with Crippen molar-refractivity contribution in [3.63, 3.8) is 0 Å². The van der Waals surface area contributed by atoms with Gasteiger partial charge in [-0.15, -0.1) is 0 Å². The molecule has 156 valence electrons. The lowest BCUT2D eigenvalue weighted by Crippen LogP contribution is -2.39. The van der Waals surface area contributed by atoms with Crippen molar-refractivity contribution in [3.05, 3.63) is 65.6 Å². The zero-order chi connectivity index (χ0) is 21.1. The molecule has 0 N–H and O–H groups in total. The van der Waals surface area contributed by atoms with Gasteiger partial charge >= 0.3 is 0 Å². The van der Waals surface area contributed by atoms with Gasteiger partial charge in [0.2, 0.25) is 0 Å². The molecule has 1 saturated carbocycles. The van der Waals surface area contributed by atoms with Crippen molar-refractivity contribution in [3.8, 4) is 5.75 Å². The van der Waals surface area contributed by atoms with Gasteiger partial charge in [0.15, 0.2) is 0 Å². The molecule has 1 aliphatic heterocycles. The minimum Gasteiger partial charge on any atom is -0.487 e. The van der Waals surface area contributed by atoms with Crippen LogP contribution in [0.2, 0.25) is 0 Å². The summed E-state index contributed by atoms with van der Waals surface area (Å²) in [6.07, 6.45) is 7.65. The Balaban J connectivity index is 1.60. The third-order valence-corrected chi connectivity index (χ3v) is 8.07. The number of thiocarbonyl (C=S) groups is 1. The quantitative estimate of drug-likeness (QED) is 0.196. The fraction of sp³-hybridized carbons (Fsp3) is 0.304. The van der Waals surface area contributed by atoms with Crippen LogP contribution in [0.15, 0.2) is 47.4 Å². The first kappa shape index (κ1) is 22.5. The third-order valence-electron chi connectivity index (χ3n) is 5.31. The standard InChI is InChI=1S/C23H21I2NO2S2/c24-17-11-16(21(19(25)13-17)28-14-15-7-3-1-4-8-15)12-20-22(27)26(23(29)30-20)18-9-5-2-6-10-18/h1,3-4,7-8,11-13,18H,2,5-6,9-10,14H2/b20-12-. The van der Waals surface area contributed by atoms with Crippen LogP contribution < -0.4 is 4.74 Å². The molecule has 2 aromatic rings. The maximum absolute atomic E-state index is 13.2. The van der Waals surface area contributed by atoms with Gasteiger partial charge in [0, 0.05) is 15.2 Å². The van der Waals surface area contributed by atoms with Crippen molar-refractivity contribution in [2.75, 3.05) is 0 Å². The fourth-order valence-electron chi connectivity index (χ4n) is 3.84. The van der Waals surface area contributed by atoms with Gasteiger partial charge in [0.05, 0.1) is 8.48 Å². The molecule has 0 radical (unpaired) electrons. The predicted molar refractivity (Wildman–Crippen MR) is 145 cm³/mol. The maximum atomic E-state index is 13.2. The van der Waals surface area contributed by atoms with Crippen LogP contribution >= 0.6 is 69.2 Å². The minimum absolute atomic E-state index is 0.0415. The van der Waals surface area contributed by atoms with Crippen molar-refractivity contribution in [2.45, 2.75) is 44.8 Å². The topological polar surface area (TPSA) is 29.5 Å². The highest BCUT2D eigenvalue weighted by atomic mass is 127. The predicted octanol–water partition coefficient (Wildman–Crippen LogP) is 7.01. The molecule has 0 aromatic heterocycles. The summed E-state index contributed by atoms with van der Waals surface area (Å²) in [4.78, 5) is 15.7. The van der Waals surface area contributed by atoms with Crippen molar-refractivity contribution in [1.82, 2.24) is 4.90 Å². The second kappa shape index (κ2) is 10.3. The first-order valence-electron chi connectivity index (χ1n) is 9.96. The Hall–Kier alpha value is -0.650. The number of nitrogens with zero attached hydrogens (tertiary/aromatic N) is 1. The van der Waals surface area contributed by atoms with Crippen molar-refractivity contribution < 1.29 is 9.53 Å². The molecule has 0 unspecified atom stereocenters. The first-order chi connectivity index (χ1) is 14.5. The molecule has 1 amide bonds. The molecule has 3 nitrogen and oxygen atoms in total. The molecular formula is C23H21I2NO2S2. The Labute approximate surface area is 214 Å². The van der Waals surface area contributed by atoms with E-state index in [1.807, 2.05) is 29.2 Å². The van der Waals surface area contributed by atoms with E-state index in [-0.39, 0.29) is 11.9 Å². The molecule has 0 bridgehead atoms. The van der Waals surface area contributed by atoms with Crippen LogP contribution in [-0.2, 0) is 11.4 Å². The molecule has 0 spiro atoms. The molecule has 1 aliphatic carbocycles. The van der Waals surface area contributed by atoms with Gasteiger partial charge in [-0.3, -0.25) is 9.69 Å². The van der Waals surface area contributed by atoms with E-state index < -0.39 is 0 Å². The van der Waals surface area contributed by atoms with E-state index in [0.717, 1.165) is 36.9 Å². The van der Waals surface area contributed by atoms with Crippen LogP contribution in [0.1, 0.15) is 43.2 Å². The van der Waals surface area contributed by atoms with Crippen LogP contribution in [0.4, 0.5) is 0 Å². The first-order valence-corrected chi connectivity index (χ1v) is 13.3. The number of ether oxygens (including phenoxy) is 1. The average Bonchev–Trinajstić information content (AvgIpc) is 3.01. The van der Waals surface area contributed by atoms with Crippen LogP contribution in [0.3, 0.4) is 0 Å². The summed E-state index contributed by atoms with van der Waals surface area (Å²) >= 11 is 11.6. The molecule has 7 heteroatoms. The highest BCUT2D eigenvalue weighted by Gasteiger charge is 2.37. The number of benzene rings is 2. The van der Waals surface area contributed by atoms with Gasteiger partial charge in [-0.1, -0.05) is 73.6 Å². The molecule has 1 saturated heterocycles. The Kier molecular flexibility index (Phi) is 7.75. The van der Waals surface area contributed by atoms with Gasteiger partial charge in [-0.2, -0.15) is 0 Å². The molecule has 2 aliphatic rings. The lowest BCUT2D eigenvalue weighted by Gasteiger charge is -2.29. The second-order valence-electron chi connectivity index (χ2n) is 7.42. The van der Waals surface area contributed by atoms with Crippen LogP contribution in [0.5, 0.6) is 5.75 Å².